The number of aliphatic imine (C=N–C) groups is 1. The number of hydrogen-bond donors (Lipinski definition) is 1. The third-order valence-electron chi connectivity index (χ3n) is 3.68. The Morgan fingerprint density at radius 1 is 1.50 bits per heavy atom. The van der Waals surface area contributed by atoms with E-state index in [2.05, 4.69) is 10.3 Å². The van der Waals surface area contributed by atoms with E-state index in [1.807, 2.05) is 11.9 Å². The second kappa shape index (κ2) is 3.91. The Morgan fingerprint density at radius 3 is 2.56 bits per heavy atom. The van der Waals surface area contributed by atoms with Gasteiger partial charge in [0.2, 0.25) is 0 Å². The summed E-state index contributed by atoms with van der Waals surface area (Å²) >= 11 is 0. The number of nitrogens with zero attached hydrogens (tertiary/aromatic N) is 2. The summed E-state index contributed by atoms with van der Waals surface area (Å²) in [6.45, 7) is 2.20. The molecule has 1 aliphatic carbocycles. The summed E-state index contributed by atoms with van der Waals surface area (Å²) in [5.74, 6) is 0.829. The first-order valence-corrected chi connectivity index (χ1v) is 7.53. The molecule has 5 nitrogen and oxygen atoms in total. The normalized spacial score (nSPS) is 23.9. The Bertz CT molecular complexity index is 398. The van der Waals surface area contributed by atoms with Crippen molar-refractivity contribution in [2.75, 3.05) is 32.9 Å². The Balaban J connectivity index is 1.99. The van der Waals surface area contributed by atoms with E-state index in [4.69, 9.17) is 0 Å². The molecule has 2 rings (SSSR count). The average Bonchev–Trinajstić information content (AvgIpc) is 2.47. The molecule has 0 amide bonds. The van der Waals surface area contributed by atoms with Crippen molar-refractivity contribution in [3.63, 3.8) is 0 Å². The minimum absolute atomic E-state index is 0.495. The number of rotatable bonds is 3. The maximum absolute atomic E-state index is 11.7. The molecule has 0 spiro atoms. The third kappa shape index (κ3) is 1.90. The van der Waals surface area contributed by atoms with Crippen LogP contribution in [0.5, 0.6) is 0 Å². The minimum Gasteiger partial charge on any atom is -0.355 e. The zero-order valence-electron chi connectivity index (χ0n) is 9.86. The van der Waals surface area contributed by atoms with Crippen LogP contribution < -0.4 is 5.32 Å². The highest BCUT2D eigenvalue weighted by Crippen LogP contribution is 2.38. The quantitative estimate of drug-likeness (QED) is 0.751. The van der Waals surface area contributed by atoms with E-state index >= 15 is 0 Å². The first-order chi connectivity index (χ1) is 7.45. The lowest BCUT2D eigenvalue weighted by molar-refractivity contribution is 0.333. The summed E-state index contributed by atoms with van der Waals surface area (Å²) in [7, 11) is -1.01. The maximum Gasteiger partial charge on any atom is 0.193 e. The van der Waals surface area contributed by atoms with Crippen molar-refractivity contribution in [2.24, 2.45) is 4.99 Å². The maximum atomic E-state index is 11.7. The van der Waals surface area contributed by atoms with Crippen LogP contribution in [0.4, 0.5) is 0 Å². The molecule has 0 atom stereocenters. The molecule has 0 aromatic carbocycles. The van der Waals surface area contributed by atoms with Gasteiger partial charge in [-0.05, 0) is 12.8 Å². The van der Waals surface area contributed by atoms with Gasteiger partial charge in [-0.1, -0.05) is 6.42 Å². The van der Waals surface area contributed by atoms with Gasteiger partial charge in [0.05, 0.1) is 11.3 Å². The van der Waals surface area contributed by atoms with Crippen molar-refractivity contribution in [1.29, 1.82) is 0 Å². The first kappa shape index (κ1) is 11.7. The Hall–Kier alpha value is -0.780. The lowest BCUT2D eigenvalue weighted by Gasteiger charge is -2.40. The van der Waals surface area contributed by atoms with E-state index in [1.54, 1.807) is 0 Å². The molecule has 0 aromatic rings. The number of nitrogens with one attached hydrogen (secondary N) is 1. The zero-order chi connectivity index (χ0) is 11.8. The smallest absolute Gasteiger partial charge is 0.193 e. The fraction of sp³-hybridized carbons (Fsp3) is 0.900. The van der Waals surface area contributed by atoms with Gasteiger partial charge in [0.15, 0.2) is 15.8 Å². The van der Waals surface area contributed by atoms with E-state index in [1.165, 1.54) is 6.26 Å². The standard InChI is InChI=1S/C10H19N3O2S/c1-13-7-6-11-9(13)12-8-10(4-3-5-10)16(2,14)15/h3-8H2,1-2H3,(H,11,12). The highest BCUT2D eigenvalue weighted by molar-refractivity contribution is 7.92. The van der Waals surface area contributed by atoms with Gasteiger partial charge in [0.25, 0.3) is 0 Å². The Labute approximate surface area is 96.8 Å². The van der Waals surface area contributed by atoms with Crippen molar-refractivity contribution in [1.82, 2.24) is 10.2 Å². The fourth-order valence-corrected chi connectivity index (χ4v) is 3.58. The topological polar surface area (TPSA) is 61.8 Å². The van der Waals surface area contributed by atoms with Crippen LogP contribution in [-0.4, -0.2) is 57.0 Å². The predicted octanol–water partition coefficient (Wildman–Crippen LogP) is -0.155. The van der Waals surface area contributed by atoms with Crippen molar-refractivity contribution >= 4 is 15.8 Å². The summed E-state index contributed by atoms with van der Waals surface area (Å²) in [5, 5.41) is 3.18. The Morgan fingerprint density at radius 2 is 2.19 bits per heavy atom. The summed E-state index contributed by atoms with van der Waals surface area (Å²) in [6.07, 6.45) is 3.90. The predicted molar refractivity (Wildman–Crippen MR) is 64.4 cm³/mol. The first-order valence-electron chi connectivity index (χ1n) is 5.64. The molecular formula is C10H19N3O2S. The van der Waals surface area contributed by atoms with Crippen molar-refractivity contribution in [3.05, 3.63) is 0 Å². The van der Waals surface area contributed by atoms with Crippen LogP contribution in [-0.2, 0) is 9.84 Å². The van der Waals surface area contributed by atoms with E-state index in [9.17, 15) is 8.42 Å². The number of likely N-dealkylation sites (N-methyl/N-ethyl adjacent to an activating group) is 1. The van der Waals surface area contributed by atoms with Gasteiger partial charge in [-0.15, -0.1) is 0 Å². The number of hydrogen-bond acceptors (Lipinski definition) is 5. The highest BCUT2D eigenvalue weighted by atomic mass is 32.2. The van der Waals surface area contributed by atoms with Gasteiger partial charge < -0.3 is 10.2 Å². The van der Waals surface area contributed by atoms with Gasteiger partial charge in [-0.3, -0.25) is 4.99 Å². The van der Waals surface area contributed by atoms with Crippen LogP contribution >= 0.6 is 0 Å². The zero-order valence-corrected chi connectivity index (χ0v) is 10.7. The van der Waals surface area contributed by atoms with Crippen molar-refractivity contribution in [2.45, 2.75) is 24.0 Å². The van der Waals surface area contributed by atoms with E-state index in [0.717, 1.165) is 38.3 Å². The molecule has 0 aromatic heterocycles. The third-order valence-corrected chi connectivity index (χ3v) is 5.80. The van der Waals surface area contributed by atoms with Crippen molar-refractivity contribution < 1.29 is 8.42 Å². The molecule has 2 aliphatic rings. The molecule has 6 heteroatoms. The molecule has 0 unspecified atom stereocenters. The molecule has 16 heavy (non-hydrogen) atoms. The fourth-order valence-electron chi connectivity index (χ4n) is 2.21. The molecule has 1 N–H and O–H groups in total. The average molecular weight is 245 g/mol. The largest absolute Gasteiger partial charge is 0.355 e. The van der Waals surface area contributed by atoms with Crippen LogP contribution in [0.15, 0.2) is 4.99 Å². The van der Waals surface area contributed by atoms with Gasteiger partial charge in [0, 0.05) is 26.4 Å². The molecule has 1 fully saturated rings. The van der Waals surface area contributed by atoms with Crippen LogP contribution in [0, 0.1) is 0 Å². The number of sulfone groups is 1. The molecule has 0 radical (unpaired) electrons. The van der Waals surface area contributed by atoms with Gasteiger partial charge in [0.1, 0.15) is 0 Å². The summed E-state index contributed by atoms with van der Waals surface area (Å²) in [6, 6.07) is 0. The number of guanidine groups is 1. The minimum atomic E-state index is -2.97. The lowest BCUT2D eigenvalue weighted by Crippen LogP contribution is -2.54. The van der Waals surface area contributed by atoms with Gasteiger partial charge in [-0.25, -0.2) is 8.42 Å². The van der Waals surface area contributed by atoms with E-state index < -0.39 is 14.6 Å². The van der Waals surface area contributed by atoms with Crippen LogP contribution in [0.3, 0.4) is 0 Å². The molecule has 0 saturated heterocycles. The molecule has 1 saturated carbocycles. The van der Waals surface area contributed by atoms with Gasteiger partial charge in [-0.2, -0.15) is 0 Å². The Kier molecular flexibility index (Phi) is 2.86. The van der Waals surface area contributed by atoms with E-state index in [-0.39, 0.29) is 0 Å². The van der Waals surface area contributed by atoms with Crippen LogP contribution in [0.2, 0.25) is 0 Å². The summed E-state index contributed by atoms with van der Waals surface area (Å²) in [4.78, 5) is 6.32. The second-order valence-electron chi connectivity index (χ2n) is 4.79. The van der Waals surface area contributed by atoms with Crippen LogP contribution in [0.1, 0.15) is 19.3 Å². The highest BCUT2D eigenvalue weighted by Gasteiger charge is 2.46. The lowest BCUT2D eigenvalue weighted by atomic mass is 9.84. The second-order valence-corrected chi connectivity index (χ2v) is 7.20. The van der Waals surface area contributed by atoms with Crippen molar-refractivity contribution in [3.8, 4) is 0 Å². The summed E-state index contributed by atoms with van der Waals surface area (Å²) < 4.78 is 22.9. The van der Waals surface area contributed by atoms with E-state index in [0.29, 0.717) is 6.54 Å². The van der Waals surface area contributed by atoms with Crippen LogP contribution in [0.25, 0.3) is 0 Å². The SMILES string of the molecule is CN1CCN=C1NCC1(S(C)(=O)=O)CCC1. The molecular weight excluding hydrogens is 226 g/mol. The molecule has 92 valence electrons. The van der Waals surface area contributed by atoms with Gasteiger partial charge >= 0.3 is 0 Å². The molecule has 1 heterocycles. The molecule has 1 aliphatic heterocycles. The monoisotopic (exact) mass is 245 g/mol. The molecule has 0 bridgehead atoms. The summed E-state index contributed by atoms with van der Waals surface area (Å²) in [5.41, 5.74) is 0.